The first-order valence-electron chi connectivity index (χ1n) is 6.21. The third-order valence-corrected chi connectivity index (χ3v) is 2.95. The highest BCUT2D eigenvalue weighted by atomic mass is 16.5. The van der Waals surface area contributed by atoms with Crippen molar-refractivity contribution < 1.29 is 9.15 Å². The molecule has 0 aromatic carbocycles. The molecule has 2 aromatic heterocycles. The molecule has 0 aliphatic carbocycles. The summed E-state index contributed by atoms with van der Waals surface area (Å²) in [6.45, 7) is 2.96. The van der Waals surface area contributed by atoms with Crippen molar-refractivity contribution >= 4 is 11.6 Å². The molecule has 2 aromatic rings. The molecule has 0 fully saturated rings. The Morgan fingerprint density at radius 1 is 1.45 bits per heavy atom. The maximum absolute atomic E-state index is 5.43. The fourth-order valence-corrected chi connectivity index (χ4v) is 1.86. The number of hydrogen-bond donors (Lipinski definition) is 2. The number of methoxy groups -OCH3 is 1. The highest BCUT2D eigenvalue weighted by molar-refractivity contribution is 5.48. The second kappa shape index (κ2) is 6.36. The molecule has 0 atom stereocenters. The van der Waals surface area contributed by atoms with Crippen molar-refractivity contribution in [2.45, 2.75) is 20.1 Å². The van der Waals surface area contributed by atoms with Gasteiger partial charge in [0.1, 0.15) is 24.0 Å². The fourth-order valence-electron chi connectivity index (χ4n) is 1.86. The van der Waals surface area contributed by atoms with Crippen LogP contribution in [0, 0.1) is 6.92 Å². The number of nitrogens with two attached hydrogens (primary N) is 1. The largest absolute Gasteiger partial charge is 0.469 e. The molecule has 7 nitrogen and oxygen atoms in total. The number of nitrogen functional groups attached to an aromatic ring is 1. The molecule has 2 heterocycles. The highest BCUT2D eigenvalue weighted by Crippen LogP contribution is 2.18. The molecule has 108 valence electrons. The molecule has 3 N–H and O–H groups in total. The van der Waals surface area contributed by atoms with Gasteiger partial charge in [-0.3, -0.25) is 0 Å². The normalized spacial score (nSPS) is 10.6. The summed E-state index contributed by atoms with van der Waals surface area (Å²) in [6, 6.07) is 3.74. The van der Waals surface area contributed by atoms with E-state index in [1.807, 2.05) is 24.9 Å². The average Bonchev–Trinajstić information content (AvgIpc) is 2.84. The molecule has 0 aliphatic rings. The van der Waals surface area contributed by atoms with Crippen molar-refractivity contribution in [1.82, 2.24) is 9.97 Å². The van der Waals surface area contributed by atoms with E-state index in [1.165, 1.54) is 0 Å². The maximum Gasteiger partial charge on any atom is 0.158 e. The first-order chi connectivity index (χ1) is 9.63. The molecule has 20 heavy (non-hydrogen) atoms. The number of nitrogens with one attached hydrogen (secondary N) is 1. The van der Waals surface area contributed by atoms with Gasteiger partial charge in [-0.25, -0.2) is 15.8 Å². The standard InChI is InChI=1S/C13H19N5O2/c1-9-10(4-5-20-9)7-18(2)13-6-11(17-14)15-12(16-13)8-19-3/h4-6H,7-8,14H2,1-3H3,(H,15,16,17). The lowest BCUT2D eigenvalue weighted by Gasteiger charge is -2.19. The van der Waals surface area contributed by atoms with E-state index in [1.54, 1.807) is 19.4 Å². The van der Waals surface area contributed by atoms with E-state index < -0.39 is 0 Å². The molecule has 0 saturated heterocycles. The van der Waals surface area contributed by atoms with Gasteiger partial charge in [-0.05, 0) is 13.0 Å². The van der Waals surface area contributed by atoms with Crippen molar-refractivity contribution in [1.29, 1.82) is 0 Å². The van der Waals surface area contributed by atoms with E-state index in [0.717, 1.165) is 17.1 Å². The van der Waals surface area contributed by atoms with Gasteiger partial charge in [0.2, 0.25) is 0 Å². The quantitative estimate of drug-likeness (QED) is 0.610. The predicted molar refractivity (Wildman–Crippen MR) is 76.1 cm³/mol. The van der Waals surface area contributed by atoms with Crippen LogP contribution in [0.25, 0.3) is 0 Å². The summed E-state index contributed by atoms with van der Waals surface area (Å²) >= 11 is 0. The Kier molecular flexibility index (Phi) is 4.54. The van der Waals surface area contributed by atoms with Crippen LogP contribution < -0.4 is 16.2 Å². The minimum Gasteiger partial charge on any atom is -0.469 e. The number of nitrogens with zero attached hydrogens (tertiary/aromatic N) is 3. The Morgan fingerprint density at radius 3 is 2.85 bits per heavy atom. The van der Waals surface area contributed by atoms with Crippen LogP contribution in [0.4, 0.5) is 11.6 Å². The molecular weight excluding hydrogens is 258 g/mol. The van der Waals surface area contributed by atoms with Crippen molar-refractivity contribution in [3.05, 3.63) is 35.5 Å². The molecule has 0 spiro atoms. The summed E-state index contributed by atoms with van der Waals surface area (Å²) in [5.41, 5.74) is 3.65. The van der Waals surface area contributed by atoms with Crippen LogP contribution in [0.2, 0.25) is 0 Å². The Labute approximate surface area is 117 Å². The number of rotatable bonds is 6. The fraction of sp³-hybridized carbons (Fsp3) is 0.385. The van der Waals surface area contributed by atoms with E-state index in [9.17, 15) is 0 Å². The first-order valence-corrected chi connectivity index (χ1v) is 6.21. The van der Waals surface area contributed by atoms with E-state index in [-0.39, 0.29) is 0 Å². The maximum atomic E-state index is 5.43. The number of hydrogen-bond acceptors (Lipinski definition) is 7. The number of hydrazine groups is 1. The van der Waals surface area contributed by atoms with Crippen molar-refractivity contribution in [3.8, 4) is 0 Å². The molecule has 0 bridgehead atoms. The molecule has 0 unspecified atom stereocenters. The Balaban J connectivity index is 2.22. The van der Waals surface area contributed by atoms with Gasteiger partial charge in [-0.15, -0.1) is 0 Å². The molecule has 7 heteroatoms. The van der Waals surface area contributed by atoms with E-state index in [0.29, 0.717) is 24.8 Å². The molecule has 0 saturated carbocycles. The second-order valence-electron chi connectivity index (χ2n) is 4.46. The minimum absolute atomic E-state index is 0.334. The van der Waals surface area contributed by atoms with E-state index in [4.69, 9.17) is 15.0 Å². The third-order valence-electron chi connectivity index (χ3n) is 2.95. The third kappa shape index (κ3) is 3.25. The summed E-state index contributed by atoms with van der Waals surface area (Å²) in [5.74, 6) is 8.23. The first kappa shape index (κ1) is 14.3. The zero-order valence-corrected chi connectivity index (χ0v) is 11.9. The van der Waals surface area contributed by atoms with Crippen LogP contribution in [-0.4, -0.2) is 24.1 Å². The van der Waals surface area contributed by atoms with Crippen molar-refractivity contribution in [2.24, 2.45) is 5.84 Å². The van der Waals surface area contributed by atoms with Gasteiger partial charge < -0.3 is 19.5 Å². The molecular formula is C13H19N5O2. The number of aryl methyl sites for hydroxylation is 1. The van der Waals surface area contributed by atoms with Gasteiger partial charge in [0.25, 0.3) is 0 Å². The summed E-state index contributed by atoms with van der Waals surface area (Å²) < 4.78 is 10.4. The van der Waals surface area contributed by atoms with Gasteiger partial charge in [-0.2, -0.15) is 0 Å². The van der Waals surface area contributed by atoms with Crippen LogP contribution in [0.1, 0.15) is 17.1 Å². The van der Waals surface area contributed by atoms with Gasteiger partial charge >= 0.3 is 0 Å². The van der Waals surface area contributed by atoms with Crippen LogP contribution in [0.3, 0.4) is 0 Å². The zero-order chi connectivity index (χ0) is 14.5. The Hall–Kier alpha value is -2.12. The monoisotopic (exact) mass is 277 g/mol. The Morgan fingerprint density at radius 2 is 2.25 bits per heavy atom. The summed E-state index contributed by atoms with van der Waals surface area (Å²) in [6.07, 6.45) is 1.68. The number of ether oxygens (including phenoxy) is 1. The lowest BCUT2D eigenvalue weighted by atomic mass is 10.2. The number of anilines is 2. The summed E-state index contributed by atoms with van der Waals surface area (Å²) in [7, 11) is 3.55. The zero-order valence-electron chi connectivity index (χ0n) is 11.9. The SMILES string of the molecule is COCc1nc(NN)cc(N(C)Cc2ccoc2C)n1. The Bertz CT molecular complexity index is 570. The topological polar surface area (TPSA) is 89.4 Å². The van der Waals surface area contributed by atoms with Crippen LogP contribution in [0.5, 0.6) is 0 Å². The molecule has 0 aliphatic heterocycles. The van der Waals surface area contributed by atoms with E-state index >= 15 is 0 Å². The van der Waals surface area contributed by atoms with Crippen LogP contribution >= 0.6 is 0 Å². The van der Waals surface area contributed by atoms with Gasteiger partial charge in [-0.1, -0.05) is 0 Å². The van der Waals surface area contributed by atoms with Crippen molar-refractivity contribution in [2.75, 3.05) is 24.5 Å². The van der Waals surface area contributed by atoms with Gasteiger partial charge in [0.05, 0.1) is 6.26 Å². The number of aromatic nitrogens is 2. The van der Waals surface area contributed by atoms with Crippen LogP contribution in [0.15, 0.2) is 22.8 Å². The average molecular weight is 277 g/mol. The lowest BCUT2D eigenvalue weighted by Crippen LogP contribution is -2.20. The smallest absolute Gasteiger partial charge is 0.158 e. The lowest BCUT2D eigenvalue weighted by molar-refractivity contribution is 0.178. The summed E-state index contributed by atoms with van der Waals surface area (Å²) in [5, 5.41) is 0. The van der Waals surface area contributed by atoms with Gasteiger partial charge in [0, 0.05) is 32.3 Å². The van der Waals surface area contributed by atoms with Gasteiger partial charge in [0.15, 0.2) is 5.82 Å². The second-order valence-corrected chi connectivity index (χ2v) is 4.46. The minimum atomic E-state index is 0.334. The molecule has 2 rings (SSSR count). The van der Waals surface area contributed by atoms with Crippen molar-refractivity contribution in [3.63, 3.8) is 0 Å². The molecule has 0 amide bonds. The van der Waals surface area contributed by atoms with E-state index in [2.05, 4.69) is 15.4 Å². The summed E-state index contributed by atoms with van der Waals surface area (Å²) in [4.78, 5) is 10.7. The van der Waals surface area contributed by atoms with Crippen LogP contribution in [-0.2, 0) is 17.9 Å². The molecule has 0 radical (unpaired) electrons. The predicted octanol–water partition coefficient (Wildman–Crippen LogP) is 1.45. The number of furan rings is 1. The highest BCUT2D eigenvalue weighted by Gasteiger charge is 2.11.